The van der Waals surface area contributed by atoms with Gasteiger partial charge in [-0.3, -0.25) is 0 Å². The van der Waals surface area contributed by atoms with Crippen LogP contribution in [0.5, 0.6) is 0 Å². The van der Waals surface area contributed by atoms with E-state index in [-0.39, 0.29) is 0 Å². The largest absolute Gasteiger partial charge is 0.103 e. The molecule has 1 atom stereocenters. The molecule has 0 aromatic carbocycles. The van der Waals surface area contributed by atoms with Crippen LogP contribution in [-0.4, -0.2) is 0 Å². The van der Waals surface area contributed by atoms with Crippen LogP contribution in [0.4, 0.5) is 0 Å². The molecule has 0 bridgehead atoms. The molecule has 0 saturated heterocycles. The van der Waals surface area contributed by atoms with Gasteiger partial charge in [0.1, 0.15) is 0 Å². The third kappa shape index (κ3) is 6.21. The molecule has 0 radical (unpaired) electrons. The Morgan fingerprint density at radius 3 is 2.50 bits per heavy atom. The highest BCUT2D eigenvalue weighted by Gasteiger charge is 1.98. The summed E-state index contributed by atoms with van der Waals surface area (Å²) in [4.78, 5) is 0. The van der Waals surface area contributed by atoms with Gasteiger partial charge in [0.15, 0.2) is 0 Å². The molecule has 12 heavy (non-hydrogen) atoms. The quantitative estimate of drug-likeness (QED) is 0.390. The molecule has 0 spiro atoms. The van der Waals surface area contributed by atoms with E-state index < -0.39 is 0 Å². The monoisotopic (exact) mass is 166 g/mol. The number of rotatable bonds is 7. The van der Waals surface area contributed by atoms with E-state index in [1.807, 2.05) is 0 Å². The molecule has 0 fully saturated rings. The Kier molecular flexibility index (Phi) is 8.20. The average Bonchev–Trinajstić information content (AvgIpc) is 2.11. The Morgan fingerprint density at radius 2 is 2.00 bits per heavy atom. The van der Waals surface area contributed by atoms with Gasteiger partial charge in [0.2, 0.25) is 0 Å². The topological polar surface area (TPSA) is 0 Å². The minimum atomic E-state index is 0.736. The van der Waals surface area contributed by atoms with Crippen molar-refractivity contribution in [2.75, 3.05) is 0 Å². The molecule has 0 aromatic heterocycles. The van der Waals surface area contributed by atoms with Crippen LogP contribution in [0.1, 0.15) is 46.0 Å². The van der Waals surface area contributed by atoms with E-state index in [1.165, 1.54) is 32.1 Å². The highest BCUT2D eigenvalue weighted by molar-refractivity contribution is 4.82. The third-order valence-electron chi connectivity index (χ3n) is 2.21. The molecule has 0 nitrogen and oxygen atoms in total. The first-order chi connectivity index (χ1) is 5.85. The van der Waals surface area contributed by atoms with E-state index in [2.05, 4.69) is 38.7 Å². The Labute approximate surface area is 77.4 Å². The van der Waals surface area contributed by atoms with E-state index in [4.69, 9.17) is 0 Å². The lowest BCUT2D eigenvalue weighted by atomic mass is 9.99. The van der Waals surface area contributed by atoms with Crippen molar-refractivity contribution in [3.05, 3.63) is 24.8 Å². The minimum absolute atomic E-state index is 0.736. The van der Waals surface area contributed by atoms with Gasteiger partial charge in [0.05, 0.1) is 0 Å². The lowest BCUT2D eigenvalue weighted by Gasteiger charge is -2.06. The molecule has 0 amide bonds. The summed E-state index contributed by atoms with van der Waals surface area (Å²) in [5.41, 5.74) is 0. The van der Waals surface area contributed by atoms with Crippen molar-refractivity contribution in [3.8, 4) is 0 Å². The SMILES string of the molecule is C=C[C@H](CC)CCC/C=C/CC. The van der Waals surface area contributed by atoms with Gasteiger partial charge in [-0.1, -0.05) is 32.1 Å². The molecular weight excluding hydrogens is 144 g/mol. The van der Waals surface area contributed by atoms with Crippen molar-refractivity contribution in [2.45, 2.75) is 46.0 Å². The maximum Gasteiger partial charge on any atom is -0.0239 e. The van der Waals surface area contributed by atoms with Crippen molar-refractivity contribution in [1.82, 2.24) is 0 Å². The van der Waals surface area contributed by atoms with Crippen molar-refractivity contribution in [1.29, 1.82) is 0 Å². The number of hydrogen-bond acceptors (Lipinski definition) is 0. The predicted molar refractivity (Wildman–Crippen MR) is 57.3 cm³/mol. The lowest BCUT2D eigenvalue weighted by molar-refractivity contribution is 0.550. The first-order valence-corrected chi connectivity index (χ1v) is 5.12. The Balaban J connectivity index is 3.28. The molecule has 0 unspecified atom stereocenters. The van der Waals surface area contributed by atoms with E-state index in [0.29, 0.717) is 0 Å². The fraction of sp³-hybridized carbons (Fsp3) is 0.667. The number of unbranched alkanes of at least 4 members (excludes halogenated alkanes) is 1. The Bertz CT molecular complexity index is 122. The summed E-state index contributed by atoms with van der Waals surface area (Å²) in [6.45, 7) is 8.23. The van der Waals surface area contributed by atoms with Crippen LogP contribution in [0, 0.1) is 5.92 Å². The molecule has 0 aromatic rings. The van der Waals surface area contributed by atoms with Gasteiger partial charge < -0.3 is 0 Å². The fourth-order valence-electron chi connectivity index (χ4n) is 1.27. The predicted octanol–water partition coefficient (Wildman–Crippen LogP) is 4.34. The summed E-state index contributed by atoms with van der Waals surface area (Å²) in [5.74, 6) is 0.736. The van der Waals surface area contributed by atoms with Crippen LogP contribution in [-0.2, 0) is 0 Å². The second-order valence-electron chi connectivity index (χ2n) is 3.21. The molecule has 0 N–H and O–H groups in total. The highest BCUT2D eigenvalue weighted by atomic mass is 14.0. The Morgan fingerprint density at radius 1 is 1.25 bits per heavy atom. The molecule has 0 aliphatic rings. The van der Waals surface area contributed by atoms with Crippen LogP contribution in [0.15, 0.2) is 24.8 Å². The fourth-order valence-corrected chi connectivity index (χ4v) is 1.27. The molecule has 0 heteroatoms. The van der Waals surface area contributed by atoms with Crippen molar-refractivity contribution >= 4 is 0 Å². The molecule has 0 heterocycles. The number of hydrogen-bond donors (Lipinski definition) is 0. The smallest absolute Gasteiger partial charge is 0.0239 e. The van der Waals surface area contributed by atoms with E-state index >= 15 is 0 Å². The van der Waals surface area contributed by atoms with Crippen LogP contribution in [0.2, 0.25) is 0 Å². The van der Waals surface area contributed by atoms with Gasteiger partial charge in [-0.2, -0.15) is 0 Å². The zero-order valence-corrected chi connectivity index (χ0v) is 8.55. The zero-order chi connectivity index (χ0) is 9.23. The molecule has 0 rings (SSSR count). The van der Waals surface area contributed by atoms with Crippen molar-refractivity contribution in [3.63, 3.8) is 0 Å². The van der Waals surface area contributed by atoms with Crippen LogP contribution in [0.25, 0.3) is 0 Å². The van der Waals surface area contributed by atoms with Gasteiger partial charge in [-0.25, -0.2) is 0 Å². The first kappa shape index (κ1) is 11.5. The van der Waals surface area contributed by atoms with Crippen LogP contribution < -0.4 is 0 Å². The maximum atomic E-state index is 3.83. The van der Waals surface area contributed by atoms with E-state index in [0.717, 1.165) is 5.92 Å². The second kappa shape index (κ2) is 8.58. The van der Waals surface area contributed by atoms with Crippen molar-refractivity contribution < 1.29 is 0 Å². The third-order valence-corrected chi connectivity index (χ3v) is 2.21. The summed E-state index contributed by atoms with van der Waals surface area (Å²) in [5, 5.41) is 0. The van der Waals surface area contributed by atoms with Gasteiger partial charge >= 0.3 is 0 Å². The molecular formula is C12H22. The number of allylic oxidation sites excluding steroid dienone is 3. The lowest BCUT2D eigenvalue weighted by Crippen LogP contribution is -1.92. The van der Waals surface area contributed by atoms with Gasteiger partial charge in [-0.05, 0) is 38.0 Å². The summed E-state index contributed by atoms with van der Waals surface area (Å²) in [7, 11) is 0. The standard InChI is InChI=1S/C12H22/c1-4-7-8-9-10-11-12(5-2)6-3/h5,7-8,12H,2,4,6,9-11H2,1,3H3/b8-7+/t12-/m1/s1. The maximum absolute atomic E-state index is 3.83. The van der Waals surface area contributed by atoms with Crippen LogP contribution >= 0.6 is 0 Å². The van der Waals surface area contributed by atoms with E-state index in [9.17, 15) is 0 Å². The van der Waals surface area contributed by atoms with Gasteiger partial charge in [0, 0.05) is 0 Å². The van der Waals surface area contributed by atoms with Gasteiger partial charge in [-0.15, -0.1) is 6.58 Å². The molecule has 0 saturated carbocycles. The summed E-state index contributed by atoms with van der Waals surface area (Å²) in [6.07, 6.45) is 12.9. The second-order valence-corrected chi connectivity index (χ2v) is 3.21. The van der Waals surface area contributed by atoms with Crippen LogP contribution in [0.3, 0.4) is 0 Å². The summed E-state index contributed by atoms with van der Waals surface area (Å²) >= 11 is 0. The summed E-state index contributed by atoms with van der Waals surface area (Å²) < 4.78 is 0. The summed E-state index contributed by atoms with van der Waals surface area (Å²) in [6, 6.07) is 0. The first-order valence-electron chi connectivity index (χ1n) is 5.12. The molecule has 0 aliphatic heterocycles. The van der Waals surface area contributed by atoms with E-state index in [1.54, 1.807) is 0 Å². The average molecular weight is 166 g/mol. The molecule has 0 aliphatic carbocycles. The highest BCUT2D eigenvalue weighted by Crippen LogP contribution is 2.13. The van der Waals surface area contributed by atoms with Crippen molar-refractivity contribution in [2.24, 2.45) is 5.92 Å². The normalized spacial score (nSPS) is 13.5. The molecule has 70 valence electrons. The van der Waals surface area contributed by atoms with Gasteiger partial charge in [0.25, 0.3) is 0 Å². The Hall–Kier alpha value is -0.520. The zero-order valence-electron chi connectivity index (χ0n) is 8.55. The minimum Gasteiger partial charge on any atom is -0.103 e.